The molecule has 0 spiro atoms. The van der Waals surface area contributed by atoms with Crippen LogP contribution in [0.4, 0.5) is 4.39 Å². The van der Waals surface area contributed by atoms with E-state index < -0.39 is 40.8 Å². The lowest BCUT2D eigenvalue weighted by atomic mass is 10.2. The van der Waals surface area contributed by atoms with Crippen molar-refractivity contribution in [2.24, 2.45) is 0 Å². The van der Waals surface area contributed by atoms with Gasteiger partial charge in [-0.15, -0.1) is 0 Å². The Morgan fingerprint density at radius 3 is 2.28 bits per heavy atom. The van der Waals surface area contributed by atoms with Crippen molar-refractivity contribution >= 4 is 17.8 Å². The summed E-state index contributed by atoms with van der Waals surface area (Å²) in [6, 6.07) is 4.99. The molecule has 10 heteroatoms. The molecule has 0 aliphatic carbocycles. The molecule has 0 saturated heterocycles. The van der Waals surface area contributed by atoms with Crippen molar-refractivity contribution < 1.29 is 28.2 Å². The molecule has 2 rings (SSSR count). The van der Waals surface area contributed by atoms with Crippen molar-refractivity contribution in [3.05, 3.63) is 57.8 Å². The molecule has 0 radical (unpaired) electrons. The van der Waals surface area contributed by atoms with E-state index in [-0.39, 0.29) is 24.6 Å². The average Bonchev–Trinajstić information content (AvgIpc) is 2.67. The third kappa shape index (κ3) is 5.03. The fourth-order valence-corrected chi connectivity index (χ4v) is 2.44. The summed E-state index contributed by atoms with van der Waals surface area (Å²) in [5.74, 6) is -3.80. The van der Waals surface area contributed by atoms with Gasteiger partial charge in [0.1, 0.15) is 11.5 Å². The molecule has 154 valence electrons. The summed E-state index contributed by atoms with van der Waals surface area (Å²) in [5.41, 5.74) is -1.09. The highest BCUT2D eigenvalue weighted by Gasteiger charge is 2.32. The smallest absolute Gasteiger partial charge is 0.340 e. The molecule has 1 aromatic carbocycles. The molecule has 0 fully saturated rings. The molecular weight excluding hydrogens is 385 g/mol. The molecule has 1 amide bonds. The first kappa shape index (κ1) is 21.7. The van der Waals surface area contributed by atoms with Crippen LogP contribution in [0.5, 0.6) is 0 Å². The molecular formula is C19H20FN3O6. The zero-order chi connectivity index (χ0) is 21.6. The number of nitrogens with one attached hydrogen (secondary N) is 1. The van der Waals surface area contributed by atoms with Crippen LogP contribution < -0.4 is 10.7 Å². The fourth-order valence-electron chi connectivity index (χ4n) is 2.44. The number of amides is 1. The lowest BCUT2D eigenvalue weighted by Crippen LogP contribution is -2.49. The number of rotatable bonds is 7. The van der Waals surface area contributed by atoms with Crippen LogP contribution in [-0.2, 0) is 19.1 Å². The number of carbonyl (C=O) groups is 3. The number of para-hydroxylation sites is 1. The second-order valence-electron chi connectivity index (χ2n) is 5.77. The lowest BCUT2D eigenvalue weighted by molar-refractivity contribution is -0.157. The predicted octanol–water partition coefficient (Wildman–Crippen LogP) is 0.905. The van der Waals surface area contributed by atoms with E-state index in [9.17, 15) is 23.6 Å². The Morgan fingerprint density at radius 2 is 1.72 bits per heavy atom. The third-order valence-electron chi connectivity index (χ3n) is 3.72. The van der Waals surface area contributed by atoms with Crippen LogP contribution >= 0.6 is 0 Å². The van der Waals surface area contributed by atoms with Gasteiger partial charge in [0, 0.05) is 11.8 Å². The highest BCUT2D eigenvalue weighted by Crippen LogP contribution is 2.13. The van der Waals surface area contributed by atoms with Gasteiger partial charge in [-0.3, -0.25) is 9.59 Å². The number of aromatic nitrogens is 2. The molecule has 1 heterocycles. The molecule has 9 nitrogen and oxygen atoms in total. The van der Waals surface area contributed by atoms with Crippen LogP contribution in [0.15, 0.2) is 35.1 Å². The van der Waals surface area contributed by atoms with E-state index in [1.165, 1.54) is 39.0 Å². The SMILES string of the molecule is CCOC(=O)C(NC(=O)c1nn(-c2ccccc2F)c(C)cc1=O)C(=O)OCC. The molecule has 0 atom stereocenters. The molecule has 0 saturated carbocycles. The fraction of sp³-hybridized carbons (Fsp3) is 0.316. The monoisotopic (exact) mass is 405 g/mol. The van der Waals surface area contributed by atoms with Gasteiger partial charge < -0.3 is 14.8 Å². The maximum atomic E-state index is 14.1. The van der Waals surface area contributed by atoms with E-state index in [1.807, 2.05) is 0 Å². The van der Waals surface area contributed by atoms with E-state index in [0.29, 0.717) is 0 Å². The number of esters is 2. The first-order valence-electron chi connectivity index (χ1n) is 8.80. The Hall–Kier alpha value is -3.56. The summed E-state index contributed by atoms with van der Waals surface area (Å²) < 4.78 is 24.7. The Balaban J connectivity index is 2.42. The molecule has 0 bridgehead atoms. The van der Waals surface area contributed by atoms with Crippen LogP contribution in [-0.4, -0.2) is 46.9 Å². The minimum absolute atomic E-state index is 0.0198. The van der Waals surface area contributed by atoms with Crippen molar-refractivity contribution in [1.29, 1.82) is 0 Å². The standard InChI is InChI=1S/C19H20FN3O6/c1-4-28-18(26)16(19(27)29-5-2)21-17(25)15-14(24)10-11(3)23(22-15)13-9-7-6-8-12(13)20/h6-10,16H,4-5H2,1-3H3,(H,21,25). The average molecular weight is 405 g/mol. The summed E-state index contributed by atoms with van der Waals surface area (Å²) in [7, 11) is 0. The molecule has 0 aliphatic heterocycles. The van der Waals surface area contributed by atoms with E-state index in [1.54, 1.807) is 6.07 Å². The maximum Gasteiger partial charge on any atom is 0.340 e. The summed E-state index contributed by atoms with van der Waals surface area (Å²) in [6.07, 6.45) is 0. The zero-order valence-corrected chi connectivity index (χ0v) is 16.1. The number of ether oxygens (including phenoxy) is 2. The first-order chi connectivity index (χ1) is 13.8. The second kappa shape index (κ2) is 9.58. The molecule has 0 aliphatic rings. The third-order valence-corrected chi connectivity index (χ3v) is 3.72. The predicted molar refractivity (Wildman–Crippen MR) is 99.0 cm³/mol. The number of benzene rings is 1. The Labute approximate surface area is 165 Å². The first-order valence-corrected chi connectivity index (χ1v) is 8.80. The van der Waals surface area contributed by atoms with Crippen molar-refractivity contribution in [3.8, 4) is 5.69 Å². The lowest BCUT2D eigenvalue weighted by Gasteiger charge is -2.16. The number of halogens is 1. The van der Waals surface area contributed by atoms with Gasteiger partial charge in [0.15, 0.2) is 5.69 Å². The van der Waals surface area contributed by atoms with Crippen LogP contribution in [0.3, 0.4) is 0 Å². The normalized spacial score (nSPS) is 10.5. The minimum atomic E-state index is -1.77. The summed E-state index contributed by atoms with van der Waals surface area (Å²) >= 11 is 0. The highest BCUT2D eigenvalue weighted by atomic mass is 19.1. The number of hydrogen-bond donors (Lipinski definition) is 1. The van der Waals surface area contributed by atoms with Crippen LogP contribution in [0.1, 0.15) is 30.0 Å². The van der Waals surface area contributed by atoms with Gasteiger partial charge in [0.25, 0.3) is 5.91 Å². The number of aryl methyl sites for hydroxylation is 1. The topological polar surface area (TPSA) is 117 Å². The number of nitrogens with zero attached hydrogens (tertiary/aromatic N) is 2. The molecule has 0 unspecified atom stereocenters. The quantitative estimate of drug-likeness (QED) is 0.537. The van der Waals surface area contributed by atoms with Crippen molar-refractivity contribution in [2.45, 2.75) is 26.8 Å². The van der Waals surface area contributed by atoms with E-state index in [4.69, 9.17) is 9.47 Å². The Bertz CT molecular complexity index is 970. The van der Waals surface area contributed by atoms with Gasteiger partial charge in [0.05, 0.1) is 13.2 Å². The Kier molecular flexibility index (Phi) is 7.18. The van der Waals surface area contributed by atoms with Gasteiger partial charge in [-0.1, -0.05) is 12.1 Å². The van der Waals surface area contributed by atoms with E-state index in [0.717, 1.165) is 10.7 Å². The summed E-state index contributed by atoms with van der Waals surface area (Å²) in [5, 5.41) is 6.01. The van der Waals surface area contributed by atoms with Gasteiger partial charge in [-0.2, -0.15) is 5.10 Å². The van der Waals surface area contributed by atoms with Gasteiger partial charge >= 0.3 is 11.9 Å². The van der Waals surface area contributed by atoms with Crippen molar-refractivity contribution in [3.63, 3.8) is 0 Å². The maximum absolute atomic E-state index is 14.1. The van der Waals surface area contributed by atoms with Gasteiger partial charge in [0.2, 0.25) is 11.5 Å². The van der Waals surface area contributed by atoms with Crippen LogP contribution in [0.2, 0.25) is 0 Å². The largest absolute Gasteiger partial charge is 0.464 e. The number of carbonyl (C=O) groups excluding carboxylic acids is 3. The van der Waals surface area contributed by atoms with E-state index in [2.05, 4.69) is 10.4 Å². The summed E-state index contributed by atoms with van der Waals surface area (Å²) in [6.45, 7) is 4.50. The van der Waals surface area contributed by atoms with Crippen LogP contribution in [0, 0.1) is 12.7 Å². The van der Waals surface area contributed by atoms with Gasteiger partial charge in [-0.25, -0.2) is 18.7 Å². The molecule has 29 heavy (non-hydrogen) atoms. The second-order valence-corrected chi connectivity index (χ2v) is 5.77. The van der Waals surface area contributed by atoms with Crippen LogP contribution in [0.25, 0.3) is 5.69 Å². The van der Waals surface area contributed by atoms with E-state index >= 15 is 0 Å². The summed E-state index contributed by atoms with van der Waals surface area (Å²) in [4.78, 5) is 48.9. The minimum Gasteiger partial charge on any atom is -0.464 e. The van der Waals surface area contributed by atoms with Crippen molar-refractivity contribution in [2.75, 3.05) is 13.2 Å². The molecule has 2 aromatic rings. The van der Waals surface area contributed by atoms with Crippen molar-refractivity contribution in [1.82, 2.24) is 15.1 Å². The van der Waals surface area contributed by atoms with Gasteiger partial charge in [-0.05, 0) is 32.9 Å². The molecule has 1 N–H and O–H groups in total. The number of hydrogen-bond acceptors (Lipinski definition) is 7. The highest BCUT2D eigenvalue weighted by molar-refractivity contribution is 6.05. The Morgan fingerprint density at radius 1 is 1.14 bits per heavy atom. The molecule has 1 aromatic heterocycles. The zero-order valence-electron chi connectivity index (χ0n) is 16.1.